The van der Waals surface area contributed by atoms with E-state index in [1.165, 1.54) is 6.92 Å². The first kappa shape index (κ1) is 13.8. The summed E-state index contributed by atoms with van der Waals surface area (Å²) in [5.74, 6) is 0.192. The lowest BCUT2D eigenvalue weighted by Gasteiger charge is -2.02. The SMILES string of the molecule is CC(=O)OC(/C=C\c1ccccc1)=C/c1ccccc1. The molecule has 0 spiro atoms. The molecule has 0 heterocycles. The van der Waals surface area contributed by atoms with Gasteiger partial charge in [-0.3, -0.25) is 4.79 Å². The molecular formula is C18H16O2. The second kappa shape index (κ2) is 7.10. The molecule has 2 nitrogen and oxygen atoms in total. The van der Waals surface area contributed by atoms with Crippen LogP contribution in [-0.4, -0.2) is 5.97 Å². The first-order valence-corrected chi connectivity index (χ1v) is 6.42. The van der Waals surface area contributed by atoms with Crippen molar-refractivity contribution < 1.29 is 9.53 Å². The number of allylic oxidation sites excluding steroid dienone is 1. The largest absolute Gasteiger partial charge is 0.427 e. The van der Waals surface area contributed by atoms with Crippen LogP contribution >= 0.6 is 0 Å². The Bertz CT molecular complexity index is 610. The van der Waals surface area contributed by atoms with E-state index >= 15 is 0 Å². The highest BCUT2D eigenvalue weighted by molar-refractivity contribution is 5.71. The Balaban J connectivity index is 2.22. The van der Waals surface area contributed by atoms with Crippen molar-refractivity contribution in [3.05, 3.63) is 83.6 Å². The zero-order chi connectivity index (χ0) is 14.2. The van der Waals surface area contributed by atoms with Gasteiger partial charge in [0.1, 0.15) is 5.76 Å². The smallest absolute Gasteiger partial charge is 0.308 e. The van der Waals surface area contributed by atoms with Crippen LogP contribution in [0.5, 0.6) is 0 Å². The van der Waals surface area contributed by atoms with Crippen LogP contribution in [0.1, 0.15) is 18.1 Å². The molecule has 0 bridgehead atoms. The maximum Gasteiger partial charge on any atom is 0.308 e. The van der Waals surface area contributed by atoms with Gasteiger partial charge < -0.3 is 4.74 Å². The second-order valence-electron chi connectivity index (χ2n) is 4.30. The highest BCUT2D eigenvalue weighted by Gasteiger charge is 1.99. The van der Waals surface area contributed by atoms with Crippen LogP contribution in [0.15, 0.2) is 72.5 Å². The molecular weight excluding hydrogens is 248 g/mol. The molecule has 0 aliphatic rings. The van der Waals surface area contributed by atoms with Gasteiger partial charge in [0.25, 0.3) is 0 Å². The van der Waals surface area contributed by atoms with Gasteiger partial charge in [-0.1, -0.05) is 66.7 Å². The standard InChI is InChI=1S/C18H16O2/c1-15(19)20-18(14-17-10-6-3-7-11-17)13-12-16-8-4-2-5-9-16/h2-14H,1H3/b13-12-,18-14+. The molecule has 0 aliphatic heterocycles. The van der Waals surface area contributed by atoms with E-state index < -0.39 is 0 Å². The molecule has 2 aromatic rings. The fourth-order valence-corrected chi connectivity index (χ4v) is 1.73. The lowest BCUT2D eigenvalue weighted by molar-refractivity contribution is -0.136. The summed E-state index contributed by atoms with van der Waals surface area (Å²) in [7, 11) is 0. The van der Waals surface area contributed by atoms with Crippen molar-refractivity contribution in [1.29, 1.82) is 0 Å². The van der Waals surface area contributed by atoms with Gasteiger partial charge >= 0.3 is 5.97 Å². The summed E-state index contributed by atoms with van der Waals surface area (Å²) in [4.78, 5) is 11.2. The number of esters is 1. The summed E-state index contributed by atoms with van der Waals surface area (Å²) in [6.07, 6.45) is 5.54. The zero-order valence-corrected chi connectivity index (χ0v) is 11.3. The number of rotatable bonds is 4. The Morgan fingerprint density at radius 2 is 1.45 bits per heavy atom. The summed E-state index contributed by atoms with van der Waals surface area (Å²) in [6, 6.07) is 19.6. The predicted octanol–water partition coefficient (Wildman–Crippen LogP) is 4.30. The molecule has 0 aromatic heterocycles. The molecule has 0 saturated heterocycles. The average Bonchev–Trinajstić information content (AvgIpc) is 2.46. The zero-order valence-electron chi connectivity index (χ0n) is 11.3. The Hall–Kier alpha value is -2.61. The topological polar surface area (TPSA) is 26.3 Å². The van der Waals surface area contributed by atoms with Crippen LogP contribution in [0, 0.1) is 0 Å². The normalized spacial score (nSPS) is 11.6. The Morgan fingerprint density at radius 1 is 0.900 bits per heavy atom. The van der Waals surface area contributed by atoms with Crippen molar-refractivity contribution in [2.24, 2.45) is 0 Å². The third-order valence-corrected chi connectivity index (χ3v) is 2.61. The molecule has 0 N–H and O–H groups in total. The van der Waals surface area contributed by atoms with Crippen LogP contribution in [-0.2, 0) is 9.53 Å². The van der Waals surface area contributed by atoms with Crippen LogP contribution in [0.2, 0.25) is 0 Å². The van der Waals surface area contributed by atoms with Crippen molar-refractivity contribution in [3.8, 4) is 0 Å². The summed E-state index contributed by atoms with van der Waals surface area (Å²) in [6.45, 7) is 1.40. The minimum atomic E-state index is -0.329. The van der Waals surface area contributed by atoms with Crippen LogP contribution in [0.3, 0.4) is 0 Å². The van der Waals surface area contributed by atoms with E-state index in [-0.39, 0.29) is 5.97 Å². The van der Waals surface area contributed by atoms with E-state index in [2.05, 4.69) is 0 Å². The van der Waals surface area contributed by atoms with E-state index in [0.29, 0.717) is 5.76 Å². The average molecular weight is 264 g/mol. The minimum absolute atomic E-state index is 0.329. The van der Waals surface area contributed by atoms with Crippen molar-refractivity contribution in [3.63, 3.8) is 0 Å². The number of hydrogen-bond acceptors (Lipinski definition) is 2. The highest BCUT2D eigenvalue weighted by Crippen LogP contribution is 2.12. The molecule has 100 valence electrons. The summed E-state index contributed by atoms with van der Waals surface area (Å²) in [5, 5.41) is 0. The monoisotopic (exact) mass is 264 g/mol. The van der Waals surface area contributed by atoms with E-state index in [4.69, 9.17) is 4.74 Å². The van der Waals surface area contributed by atoms with Crippen LogP contribution in [0.25, 0.3) is 12.2 Å². The van der Waals surface area contributed by atoms with Crippen LogP contribution in [0.4, 0.5) is 0 Å². The van der Waals surface area contributed by atoms with Crippen molar-refractivity contribution in [2.75, 3.05) is 0 Å². The summed E-state index contributed by atoms with van der Waals surface area (Å²) >= 11 is 0. The quantitative estimate of drug-likeness (QED) is 0.467. The molecule has 0 aliphatic carbocycles. The lowest BCUT2D eigenvalue weighted by atomic mass is 10.1. The van der Waals surface area contributed by atoms with Crippen LogP contribution < -0.4 is 0 Å². The van der Waals surface area contributed by atoms with Gasteiger partial charge in [0.05, 0.1) is 0 Å². The maximum absolute atomic E-state index is 11.2. The molecule has 0 atom stereocenters. The number of ether oxygens (including phenoxy) is 1. The molecule has 0 fully saturated rings. The molecule has 2 rings (SSSR count). The Morgan fingerprint density at radius 3 is 2.00 bits per heavy atom. The third kappa shape index (κ3) is 4.58. The summed E-state index contributed by atoms with van der Waals surface area (Å²) in [5.41, 5.74) is 2.04. The fraction of sp³-hybridized carbons (Fsp3) is 0.0556. The number of benzene rings is 2. The van der Waals surface area contributed by atoms with Gasteiger partial charge in [-0.05, 0) is 23.3 Å². The molecule has 0 radical (unpaired) electrons. The van der Waals surface area contributed by atoms with E-state index in [1.54, 1.807) is 6.08 Å². The summed E-state index contributed by atoms with van der Waals surface area (Å²) < 4.78 is 5.21. The fourth-order valence-electron chi connectivity index (χ4n) is 1.73. The van der Waals surface area contributed by atoms with Crippen molar-refractivity contribution >= 4 is 18.1 Å². The third-order valence-electron chi connectivity index (χ3n) is 2.61. The van der Waals surface area contributed by atoms with E-state index in [9.17, 15) is 4.79 Å². The first-order chi connectivity index (χ1) is 9.74. The Labute approximate surface area is 119 Å². The first-order valence-electron chi connectivity index (χ1n) is 6.42. The van der Waals surface area contributed by atoms with E-state index in [0.717, 1.165) is 11.1 Å². The number of hydrogen-bond donors (Lipinski definition) is 0. The van der Waals surface area contributed by atoms with Gasteiger partial charge in [0.15, 0.2) is 0 Å². The maximum atomic E-state index is 11.2. The highest BCUT2D eigenvalue weighted by atomic mass is 16.5. The number of carbonyl (C=O) groups excluding carboxylic acids is 1. The second-order valence-corrected chi connectivity index (χ2v) is 4.30. The van der Waals surface area contributed by atoms with Gasteiger partial charge in [-0.25, -0.2) is 0 Å². The minimum Gasteiger partial charge on any atom is -0.427 e. The lowest BCUT2D eigenvalue weighted by Crippen LogP contribution is -1.96. The molecule has 0 unspecified atom stereocenters. The van der Waals surface area contributed by atoms with Gasteiger partial charge in [-0.2, -0.15) is 0 Å². The van der Waals surface area contributed by atoms with Gasteiger partial charge in [0, 0.05) is 6.92 Å². The molecule has 0 amide bonds. The molecule has 2 aromatic carbocycles. The molecule has 20 heavy (non-hydrogen) atoms. The molecule has 2 heteroatoms. The van der Waals surface area contributed by atoms with Crippen molar-refractivity contribution in [2.45, 2.75) is 6.92 Å². The van der Waals surface area contributed by atoms with Gasteiger partial charge in [0.2, 0.25) is 0 Å². The Kier molecular flexibility index (Phi) is 4.90. The predicted molar refractivity (Wildman–Crippen MR) is 81.7 cm³/mol. The van der Waals surface area contributed by atoms with Gasteiger partial charge in [-0.15, -0.1) is 0 Å². The van der Waals surface area contributed by atoms with E-state index in [1.807, 2.05) is 72.8 Å². The molecule has 0 saturated carbocycles. The number of carbonyl (C=O) groups is 1. The van der Waals surface area contributed by atoms with Crippen molar-refractivity contribution in [1.82, 2.24) is 0 Å².